The molecule has 0 radical (unpaired) electrons. The first kappa shape index (κ1) is 27.6. The first-order chi connectivity index (χ1) is 18.8. The van der Waals surface area contributed by atoms with Crippen molar-refractivity contribution in [3.05, 3.63) is 89.5 Å². The molecule has 0 spiro atoms. The van der Waals surface area contributed by atoms with E-state index in [0.29, 0.717) is 5.13 Å². The second-order valence-corrected chi connectivity index (χ2v) is 11.4. The minimum Gasteiger partial charge on any atom is -0.267 e. The molecule has 0 fully saturated rings. The van der Waals surface area contributed by atoms with Gasteiger partial charge in [-0.1, -0.05) is 47.7 Å². The average Bonchev–Trinajstić information content (AvgIpc) is 3.36. The van der Waals surface area contributed by atoms with Crippen molar-refractivity contribution in [2.45, 2.75) is 24.7 Å². The topological polar surface area (TPSA) is 131 Å². The fourth-order valence-corrected chi connectivity index (χ4v) is 6.17. The van der Waals surface area contributed by atoms with Crippen LogP contribution < -0.4 is 5.01 Å². The molecule has 196 valence electrons. The summed E-state index contributed by atoms with van der Waals surface area (Å²) in [7, 11) is -3.96. The molecule has 9 nitrogen and oxygen atoms in total. The molecule has 0 aliphatic rings. The zero-order valence-corrected chi connectivity index (χ0v) is 22.7. The van der Waals surface area contributed by atoms with E-state index in [1.54, 1.807) is 6.21 Å². The summed E-state index contributed by atoms with van der Waals surface area (Å²) < 4.78 is 28.3. The van der Waals surface area contributed by atoms with E-state index >= 15 is 0 Å². The number of fused-ring (bicyclic) bond motifs is 1. The van der Waals surface area contributed by atoms with Gasteiger partial charge in [0, 0.05) is 31.5 Å². The van der Waals surface area contributed by atoms with Gasteiger partial charge in [-0.3, -0.25) is 4.79 Å². The number of hydrogen-bond acceptors (Lipinski definition) is 8. The number of carbonyl (C=O) groups is 1. The molecule has 1 heterocycles. The number of hydrogen-bond donors (Lipinski definition) is 0. The van der Waals surface area contributed by atoms with Crippen molar-refractivity contribution < 1.29 is 13.2 Å². The van der Waals surface area contributed by atoms with Crippen LogP contribution in [0.2, 0.25) is 0 Å². The van der Waals surface area contributed by atoms with Crippen LogP contribution in [0.5, 0.6) is 0 Å². The quantitative estimate of drug-likeness (QED) is 0.197. The van der Waals surface area contributed by atoms with E-state index in [4.69, 9.17) is 10.5 Å². The Morgan fingerprint density at radius 3 is 2.31 bits per heavy atom. The summed E-state index contributed by atoms with van der Waals surface area (Å²) in [5.74, 6) is -0.479. The van der Waals surface area contributed by atoms with Crippen molar-refractivity contribution in [3.8, 4) is 12.1 Å². The van der Waals surface area contributed by atoms with Crippen LogP contribution in [0.3, 0.4) is 0 Å². The Balaban J connectivity index is 1.67. The van der Waals surface area contributed by atoms with Crippen molar-refractivity contribution in [1.82, 2.24) is 9.29 Å². The minimum atomic E-state index is -3.96. The van der Waals surface area contributed by atoms with Crippen LogP contribution in [0.4, 0.5) is 5.13 Å². The molecule has 0 aliphatic heterocycles. The lowest BCUT2D eigenvalue weighted by atomic mass is 10.2. The molecule has 1 amide bonds. The van der Waals surface area contributed by atoms with Crippen LogP contribution in [0.15, 0.2) is 82.8 Å². The average molecular weight is 557 g/mol. The Hall–Kier alpha value is -4.42. The smallest absolute Gasteiger partial charge is 0.267 e. The summed E-state index contributed by atoms with van der Waals surface area (Å²) in [6.45, 7) is 1.92. The van der Waals surface area contributed by atoms with Gasteiger partial charge < -0.3 is 0 Å². The molecule has 0 N–H and O–H groups in total. The van der Waals surface area contributed by atoms with Crippen LogP contribution in [-0.2, 0) is 10.0 Å². The molecular formula is C28H24N6O3S2. The third kappa shape index (κ3) is 6.54. The van der Waals surface area contributed by atoms with Gasteiger partial charge in [0.05, 0.1) is 33.5 Å². The van der Waals surface area contributed by atoms with Gasteiger partial charge in [0.2, 0.25) is 15.2 Å². The summed E-state index contributed by atoms with van der Waals surface area (Å²) in [5, 5.41) is 23.8. The summed E-state index contributed by atoms with van der Waals surface area (Å²) in [4.78, 5) is 18.2. The molecule has 3 aromatic carbocycles. The standard InChI is InChI=1S/C28H24N6O3S2/c1-21-9-14-25-26(19-21)38-28(32-25)34(31-20-22-7-3-2-4-8-22)27(35)23-10-12-24(13-11-23)39(36,37)33(17-5-15-29)18-6-16-30/h2-4,7-14,19-20H,5-6,17-18H2,1H3/b31-20+. The lowest BCUT2D eigenvalue weighted by Crippen LogP contribution is -2.33. The summed E-state index contributed by atoms with van der Waals surface area (Å²) in [6.07, 6.45) is 1.56. The van der Waals surface area contributed by atoms with Gasteiger partial charge in [0.25, 0.3) is 5.91 Å². The lowest BCUT2D eigenvalue weighted by molar-refractivity contribution is 0.0987. The van der Waals surface area contributed by atoms with E-state index in [2.05, 4.69) is 10.1 Å². The number of carbonyl (C=O) groups excluding carboxylic acids is 1. The summed E-state index contributed by atoms with van der Waals surface area (Å²) in [6, 6.07) is 24.5. The van der Waals surface area contributed by atoms with Gasteiger partial charge in [-0.25, -0.2) is 13.4 Å². The van der Waals surface area contributed by atoms with E-state index in [-0.39, 0.29) is 36.4 Å². The van der Waals surface area contributed by atoms with Gasteiger partial charge >= 0.3 is 0 Å². The van der Waals surface area contributed by atoms with Crippen LogP contribution >= 0.6 is 11.3 Å². The number of nitriles is 2. The fourth-order valence-electron chi connectivity index (χ4n) is 3.70. The zero-order valence-electron chi connectivity index (χ0n) is 21.1. The van der Waals surface area contributed by atoms with Crippen molar-refractivity contribution in [3.63, 3.8) is 0 Å². The fraction of sp³-hybridized carbons (Fsp3) is 0.179. The number of aromatic nitrogens is 1. The summed E-state index contributed by atoms with van der Waals surface area (Å²) in [5.41, 5.74) is 2.82. The molecule has 4 aromatic rings. The molecule has 0 bridgehead atoms. The summed E-state index contributed by atoms with van der Waals surface area (Å²) >= 11 is 1.33. The maximum Gasteiger partial charge on any atom is 0.280 e. The number of thiazole rings is 1. The zero-order chi connectivity index (χ0) is 27.8. The number of amides is 1. The predicted molar refractivity (Wildman–Crippen MR) is 151 cm³/mol. The first-order valence-corrected chi connectivity index (χ1v) is 14.2. The normalized spacial score (nSPS) is 11.5. The highest BCUT2D eigenvalue weighted by atomic mass is 32.2. The largest absolute Gasteiger partial charge is 0.280 e. The van der Waals surface area contributed by atoms with Crippen LogP contribution in [-0.4, -0.2) is 42.9 Å². The van der Waals surface area contributed by atoms with Crippen LogP contribution in [0.1, 0.15) is 34.3 Å². The highest BCUT2D eigenvalue weighted by Crippen LogP contribution is 2.31. The van der Waals surface area contributed by atoms with Crippen molar-refractivity contribution in [2.24, 2.45) is 5.10 Å². The maximum absolute atomic E-state index is 13.6. The number of rotatable bonds is 10. The third-order valence-electron chi connectivity index (χ3n) is 5.71. The van der Waals surface area contributed by atoms with E-state index in [9.17, 15) is 13.2 Å². The molecular weight excluding hydrogens is 532 g/mol. The molecule has 0 aliphatic carbocycles. The van der Waals surface area contributed by atoms with Gasteiger partial charge in [0.1, 0.15) is 0 Å². The Morgan fingerprint density at radius 1 is 1.00 bits per heavy atom. The Labute approximate surface area is 230 Å². The highest BCUT2D eigenvalue weighted by molar-refractivity contribution is 7.89. The van der Waals surface area contributed by atoms with Crippen LogP contribution in [0, 0.1) is 29.6 Å². The molecule has 0 saturated carbocycles. The van der Waals surface area contributed by atoms with E-state index in [1.807, 2.05) is 67.6 Å². The lowest BCUT2D eigenvalue weighted by Gasteiger charge is -2.20. The highest BCUT2D eigenvalue weighted by Gasteiger charge is 2.26. The Bertz CT molecular complexity index is 1670. The molecule has 11 heteroatoms. The van der Waals surface area contributed by atoms with Crippen molar-refractivity contribution >= 4 is 48.8 Å². The molecule has 39 heavy (non-hydrogen) atoms. The molecule has 0 unspecified atom stereocenters. The second kappa shape index (κ2) is 12.4. The van der Waals surface area contributed by atoms with Crippen molar-refractivity contribution in [1.29, 1.82) is 10.5 Å². The number of nitrogens with zero attached hydrogens (tertiary/aromatic N) is 6. The van der Waals surface area contributed by atoms with Gasteiger partial charge in [-0.2, -0.15) is 24.9 Å². The van der Waals surface area contributed by atoms with E-state index < -0.39 is 15.9 Å². The second-order valence-electron chi connectivity index (χ2n) is 8.48. The molecule has 0 atom stereocenters. The Kier molecular flexibility index (Phi) is 8.79. The van der Waals surface area contributed by atoms with E-state index in [1.165, 1.54) is 40.6 Å². The Morgan fingerprint density at radius 2 is 1.67 bits per heavy atom. The maximum atomic E-state index is 13.6. The first-order valence-electron chi connectivity index (χ1n) is 12.0. The monoisotopic (exact) mass is 556 g/mol. The predicted octanol–water partition coefficient (Wildman–Crippen LogP) is 5.10. The van der Waals surface area contributed by atoms with Gasteiger partial charge in [-0.05, 0) is 54.4 Å². The third-order valence-corrected chi connectivity index (χ3v) is 8.62. The van der Waals surface area contributed by atoms with Crippen LogP contribution in [0.25, 0.3) is 10.2 Å². The van der Waals surface area contributed by atoms with Gasteiger partial charge in [0.15, 0.2) is 0 Å². The number of hydrazone groups is 1. The molecule has 4 rings (SSSR count). The number of benzene rings is 3. The van der Waals surface area contributed by atoms with Gasteiger partial charge in [-0.15, -0.1) is 0 Å². The number of sulfonamides is 1. The minimum absolute atomic E-state index is 0.00268. The number of aryl methyl sites for hydroxylation is 1. The SMILES string of the molecule is Cc1ccc2nc(N(/N=C/c3ccccc3)C(=O)c3ccc(S(=O)(=O)N(CCC#N)CCC#N)cc3)sc2c1. The van der Waals surface area contributed by atoms with E-state index in [0.717, 1.165) is 25.6 Å². The molecule has 1 aromatic heterocycles. The van der Waals surface area contributed by atoms with Crippen molar-refractivity contribution in [2.75, 3.05) is 18.1 Å². The number of anilines is 1. The molecule has 0 saturated heterocycles.